The Morgan fingerprint density at radius 2 is 2.10 bits per heavy atom. The summed E-state index contributed by atoms with van der Waals surface area (Å²) in [6.45, 7) is 0.464. The monoisotopic (exact) mass is 286 g/mol. The van der Waals surface area contributed by atoms with Crippen LogP contribution in [0.5, 0.6) is 0 Å². The lowest BCUT2D eigenvalue weighted by Crippen LogP contribution is -2.11. The summed E-state index contributed by atoms with van der Waals surface area (Å²) in [4.78, 5) is 7.21. The molecule has 4 N–H and O–H groups in total. The first kappa shape index (κ1) is 14.1. The third-order valence-electron chi connectivity index (χ3n) is 2.60. The normalized spacial score (nSPS) is 11.6. The van der Waals surface area contributed by atoms with Gasteiger partial charge in [-0.3, -0.25) is 5.10 Å². The van der Waals surface area contributed by atoms with Gasteiger partial charge < -0.3 is 11.1 Å². The summed E-state index contributed by atoms with van der Waals surface area (Å²) in [5.74, 6) is 0.727. The van der Waals surface area contributed by atoms with Gasteiger partial charge in [0.1, 0.15) is 17.8 Å². The molecule has 2 heterocycles. The highest BCUT2D eigenvalue weighted by atomic mass is 19.4. The minimum atomic E-state index is -4.48. The minimum absolute atomic E-state index is 0.178. The van der Waals surface area contributed by atoms with Gasteiger partial charge in [-0.15, -0.1) is 0 Å². The standard InChI is InChI=1S/C11H13F3N6/c12-11(13,14)9-4-8(7(15)5-17-9)16-3-1-2-10-18-6-19-20-10/h4-6H,1-3,15H2,(H,16,17)(H,18,19,20). The maximum absolute atomic E-state index is 12.5. The molecule has 0 radical (unpaired) electrons. The van der Waals surface area contributed by atoms with Gasteiger partial charge in [-0.25, -0.2) is 9.97 Å². The van der Waals surface area contributed by atoms with E-state index in [9.17, 15) is 13.2 Å². The van der Waals surface area contributed by atoms with E-state index in [-0.39, 0.29) is 11.4 Å². The number of nitrogen functional groups attached to an aromatic ring is 1. The number of H-pyrrole nitrogens is 1. The van der Waals surface area contributed by atoms with Crippen molar-refractivity contribution in [1.82, 2.24) is 20.2 Å². The van der Waals surface area contributed by atoms with Gasteiger partial charge in [0.05, 0.1) is 17.6 Å². The van der Waals surface area contributed by atoms with Crippen LogP contribution in [0.2, 0.25) is 0 Å². The van der Waals surface area contributed by atoms with Crippen LogP contribution < -0.4 is 11.1 Å². The zero-order valence-corrected chi connectivity index (χ0v) is 10.4. The molecule has 0 saturated carbocycles. The molecule has 2 rings (SSSR count). The number of halogens is 3. The van der Waals surface area contributed by atoms with Gasteiger partial charge >= 0.3 is 6.18 Å². The zero-order chi connectivity index (χ0) is 14.6. The SMILES string of the molecule is Nc1cnc(C(F)(F)F)cc1NCCCc1ncn[nH]1. The Morgan fingerprint density at radius 3 is 2.75 bits per heavy atom. The van der Waals surface area contributed by atoms with Gasteiger partial charge in [-0.05, 0) is 12.5 Å². The predicted octanol–water partition coefficient (Wildman–Crippen LogP) is 1.85. The smallest absolute Gasteiger partial charge is 0.396 e. The molecule has 2 aromatic heterocycles. The van der Waals surface area contributed by atoms with Crippen LogP contribution in [0.15, 0.2) is 18.6 Å². The molecule has 9 heteroatoms. The first-order valence-corrected chi connectivity index (χ1v) is 5.87. The van der Waals surface area contributed by atoms with E-state index in [0.717, 1.165) is 18.1 Å². The van der Waals surface area contributed by atoms with Crippen molar-refractivity contribution in [3.05, 3.63) is 30.1 Å². The van der Waals surface area contributed by atoms with E-state index in [1.807, 2.05) is 0 Å². The number of hydrogen-bond donors (Lipinski definition) is 3. The topological polar surface area (TPSA) is 92.5 Å². The lowest BCUT2D eigenvalue weighted by Gasteiger charge is -2.12. The third-order valence-corrected chi connectivity index (χ3v) is 2.60. The number of pyridine rings is 1. The van der Waals surface area contributed by atoms with Gasteiger partial charge in [0.15, 0.2) is 0 Å². The van der Waals surface area contributed by atoms with E-state index in [1.165, 1.54) is 6.33 Å². The first-order chi connectivity index (χ1) is 9.47. The van der Waals surface area contributed by atoms with Crippen molar-refractivity contribution < 1.29 is 13.2 Å². The molecule has 0 aliphatic carbocycles. The molecule has 0 aliphatic heterocycles. The number of aromatic nitrogens is 4. The molecule has 108 valence electrons. The number of anilines is 2. The predicted molar refractivity (Wildman–Crippen MR) is 66.8 cm³/mol. The summed E-state index contributed by atoms with van der Waals surface area (Å²) in [6, 6.07) is 0.907. The molecular formula is C11H13F3N6. The molecule has 0 bridgehead atoms. The fourth-order valence-corrected chi connectivity index (χ4v) is 1.60. The van der Waals surface area contributed by atoms with Gasteiger partial charge in [0.25, 0.3) is 0 Å². The summed E-state index contributed by atoms with van der Waals surface area (Å²) in [5, 5.41) is 9.27. The summed E-state index contributed by atoms with van der Waals surface area (Å²) >= 11 is 0. The minimum Gasteiger partial charge on any atom is -0.396 e. The van der Waals surface area contributed by atoms with Crippen LogP contribution in [0.4, 0.5) is 24.5 Å². The third kappa shape index (κ3) is 3.59. The highest BCUT2D eigenvalue weighted by Gasteiger charge is 2.32. The Morgan fingerprint density at radius 1 is 1.30 bits per heavy atom. The quantitative estimate of drug-likeness (QED) is 0.729. The zero-order valence-electron chi connectivity index (χ0n) is 10.4. The number of aromatic amines is 1. The maximum atomic E-state index is 12.5. The highest BCUT2D eigenvalue weighted by Crippen LogP contribution is 2.30. The van der Waals surface area contributed by atoms with Crippen molar-refractivity contribution >= 4 is 11.4 Å². The Bertz CT molecular complexity index is 552. The average molecular weight is 286 g/mol. The van der Waals surface area contributed by atoms with Gasteiger partial charge in [-0.2, -0.15) is 18.3 Å². The number of nitrogens with zero attached hydrogens (tertiary/aromatic N) is 3. The van der Waals surface area contributed by atoms with Crippen molar-refractivity contribution in [2.24, 2.45) is 0 Å². The molecule has 0 aliphatic rings. The van der Waals surface area contributed by atoms with Crippen LogP contribution in [0, 0.1) is 0 Å². The lowest BCUT2D eigenvalue weighted by molar-refractivity contribution is -0.141. The number of aryl methyl sites for hydroxylation is 1. The molecule has 0 unspecified atom stereocenters. The van der Waals surface area contributed by atoms with E-state index < -0.39 is 11.9 Å². The molecule has 6 nitrogen and oxygen atoms in total. The summed E-state index contributed by atoms with van der Waals surface area (Å²) in [5.41, 5.74) is 5.03. The van der Waals surface area contributed by atoms with Crippen molar-refractivity contribution in [3.63, 3.8) is 0 Å². The highest BCUT2D eigenvalue weighted by molar-refractivity contribution is 5.65. The molecule has 0 amide bonds. The number of hydrogen-bond acceptors (Lipinski definition) is 5. The lowest BCUT2D eigenvalue weighted by atomic mass is 10.2. The Hall–Kier alpha value is -2.32. The number of rotatable bonds is 5. The van der Waals surface area contributed by atoms with Crippen LogP contribution in [0.1, 0.15) is 17.9 Å². The Labute approximate surface area is 112 Å². The molecule has 20 heavy (non-hydrogen) atoms. The molecule has 0 atom stereocenters. The van der Waals surface area contributed by atoms with Crippen molar-refractivity contribution in [2.45, 2.75) is 19.0 Å². The van der Waals surface area contributed by atoms with Gasteiger partial charge in [-0.1, -0.05) is 0 Å². The summed E-state index contributed by atoms with van der Waals surface area (Å²) < 4.78 is 37.6. The second-order valence-electron chi connectivity index (χ2n) is 4.12. The van der Waals surface area contributed by atoms with Crippen LogP contribution in [0.3, 0.4) is 0 Å². The van der Waals surface area contributed by atoms with E-state index in [2.05, 4.69) is 25.5 Å². The van der Waals surface area contributed by atoms with Crippen molar-refractivity contribution in [1.29, 1.82) is 0 Å². The van der Waals surface area contributed by atoms with Crippen LogP contribution >= 0.6 is 0 Å². The first-order valence-electron chi connectivity index (χ1n) is 5.87. The van der Waals surface area contributed by atoms with Crippen molar-refractivity contribution in [3.8, 4) is 0 Å². The average Bonchev–Trinajstić information content (AvgIpc) is 2.88. The second-order valence-corrected chi connectivity index (χ2v) is 4.12. The molecule has 0 fully saturated rings. The molecule has 0 spiro atoms. The summed E-state index contributed by atoms with van der Waals surface area (Å²) in [7, 11) is 0. The Balaban J connectivity index is 1.91. The van der Waals surface area contributed by atoms with E-state index in [1.54, 1.807) is 0 Å². The second kappa shape index (κ2) is 5.76. The molecule has 0 saturated heterocycles. The largest absolute Gasteiger partial charge is 0.433 e. The fraction of sp³-hybridized carbons (Fsp3) is 0.364. The van der Waals surface area contributed by atoms with Crippen molar-refractivity contribution in [2.75, 3.05) is 17.6 Å². The van der Waals surface area contributed by atoms with Gasteiger partial charge in [0.2, 0.25) is 0 Å². The van der Waals surface area contributed by atoms with E-state index in [4.69, 9.17) is 5.73 Å². The number of nitrogens with two attached hydrogens (primary N) is 1. The van der Waals surface area contributed by atoms with E-state index >= 15 is 0 Å². The molecular weight excluding hydrogens is 273 g/mol. The van der Waals surface area contributed by atoms with Crippen LogP contribution in [-0.4, -0.2) is 26.7 Å². The Kier molecular flexibility index (Phi) is 4.06. The van der Waals surface area contributed by atoms with E-state index in [0.29, 0.717) is 19.4 Å². The van der Waals surface area contributed by atoms with Crippen LogP contribution in [-0.2, 0) is 12.6 Å². The van der Waals surface area contributed by atoms with Crippen LogP contribution in [0.25, 0.3) is 0 Å². The fourth-order valence-electron chi connectivity index (χ4n) is 1.60. The number of nitrogens with one attached hydrogen (secondary N) is 2. The maximum Gasteiger partial charge on any atom is 0.433 e. The molecule has 0 aromatic carbocycles. The number of alkyl halides is 3. The summed E-state index contributed by atoms with van der Waals surface area (Å²) in [6.07, 6.45) is -0.757. The van der Waals surface area contributed by atoms with Gasteiger partial charge in [0, 0.05) is 13.0 Å². The molecule has 2 aromatic rings.